The lowest BCUT2D eigenvalue weighted by molar-refractivity contribution is -0.137. The van der Waals surface area contributed by atoms with E-state index in [1.807, 2.05) is 29.2 Å². The molecule has 3 rings (SSSR count). The number of anilines is 1. The van der Waals surface area contributed by atoms with Crippen LogP contribution in [-0.2, 0) is 14.3 Å². The van der Waals surface area contributed by atoms with Crippen molar-refractivity contribution >= 4 is 17.5 Å². The van der Waals surface area contributed by atoms with Gasteiger partial charge in [0.15, 0.2) is 0 Å². The Morgan fingerprint density at radius 3 is 3.05 bits per heavy atom. The van der Waals surface area contributed by atoms with Gasteiger partial charge in [-0.15, -0.1) is 0 Å². The maximum absolute atomic E-state index is 12.3. The minimum Gasteiger partial charge on any atom is -0.375 e. The van der Waals surface area contributed by atoms with Gasteiger partial charge in [0.2, 0.25) is 11.8 Å². The molecule has 1 saturated heterocycles. The Morgan fingerprint density at radius 2 is 2.24 bits per heavy atom. The van der Waals surface area contributed by atoms with Gasteiger partial charge >= 0.3 is 0 Å². The second-order valence-electron chi connectivity index (χ2n) is 5.73. The summed E-state index contributed by atoms with van der Waals surface area (Å²) in [5, 5.41) is 2.95. The Balaban J connectivity index is 1.77. The van der Waals surface area contributed by atoms with E-state index in [9.17, 15) is 9.59 Å². The molecule has 0 spiro atoms. The van der Waals surface area contributed by atoms with Crippen LogP contribution < -0.4 is 5.32 Å². The molecule has 5 nitrogen and oxygen atoms in total. The summed E-state index contributed by atoms with van der Waals surface area (Å²) in [5.74, 6) is 0.110. The van der Waals surface area contributed by atoms with Gasteiger partial charge in [0.1, 0.15) is 6.61 Å². The van der Waals surface area contributed by atoms with Crippen LogP contribution in [0.4, 0.5) is 5.69 Å². The number of carbonyl (C=O) groups excluding carboxylic acids is 2. The van der Waals surface area contributed by atoms with E-state index in [4.69, 9.17) is 4.74 Å². The summed E-state index contributed by atoms with van der Waals surface area (Å²) < 4.78 is 4.92. The highest BCUT2D eigenvalue weighted by Crippen LogP contribution is 2.40. The van der Waals surface area contributed by atoms with Gasteiger partial charge in [0, 0.05) is 25.9 Å². The van der Waals surface area contributed by atoms with E-state index in [1.165, 1.54) is 7.11 Å². The SMILES string of the molecule is COCC(=O)N1CCC[C@H]([C@H]2C(=O)Nc3ccccc32)C1. The van der Waals surface area contributed by atoms with Crippen LogP contribution >= 0.6 is 0 Å². The number of ether oxygens (including phenoxy) is 1. The quantitative estimate of drug-likeness (QED) is 0.919. The summed E-state index contributed by atoms with van der Waals surface area (Å²) in [4.78, 5) is 26.1. The fourth-order valence-electron chi connectivity index (χ4n) is 3.43. The number of fused-ring (bicyclic) bond motifs is 1. The van der Waals surface area contributed by atoms with Crippen LogP contribution in [0.5, 0.6) is 0 Å². The summed E-state index contributed by atoms with van der Waals surface area (Å²) in [6.45, 7) is 1.50. The zero-order valence-corrected chi connectivity index (χ0v) is 12.2. The normalized spacial score (nSPS) is 24.6. The molecule has 112 valence electrons. The number of hydrogen-bond acceptors (Lipinski definition) is 3. The second kappa shape index (κ2) is 5.85. The van der Waals surface area contributed by atoms with Crippen molar-refractivity contribution in [2.45, 2.75) is 18.8 Å². The van der Waals surface area contributed by atoms with Gasteiger partial charge in [-0.1, -0.05) is 18.2 Å². The molecule has 2 heterocycles. The van der Waals surface area contributed by atoms with Gasteiger partial charge in [-0.2, -0.15) is 0 Å². The highest BCUT2D eigenvalue weighted by molar-refractivity contribution is 6.03. The Morgan fingerprint density at radius 1 is 1.43 bits per heavy atom. The van der Waals surface area contributed by atoms with Gasteiger partial charge in [-0.05, 0) is 30.4 Å². The lowest BCUT2D eigenvalue weighted by Crippen LogP contribution is -2.44. The Bertz CT molecular complexity index is 558. The van der Waals surface area contributed by atoms with Crippen LogP contribution in [-0.4, -0.2) is 43.5 Å². The third kappa shape index (κ3) is 2.65. The highest BCUT2D eigenvalue weighted by atomic mass is 16.5. The molecule has 1 aromatic carbocycles. The van der Waals surface area contributed by atoms with Crippen molar-refractivity contribution in [3.8, 4) is 0 Å². The minimum atomic E-state index is -0.139. The second-order valence-corrected chi connectivity index (χ2v) is 5.73. The van der Waals surface area contributed by atoms with E-state index in [-0.39, 0.29) is 30.3 Å². The molecule has 0 aromatic heterocycles. The van der Waals surface area contributed by atoms with E-state index in [0.717, 1.165) is 30.6 Å². The number of rotatable bonds is 3. The molecule has 1 aromatic rings. The number of benzene rings is 1. The van der Waals surface area contributed by atoms with Crippen molar-refractivity contribution < 1.29 is 14.3 Å². The molecule has 0 radical (unpaired) electrons. The highest BCUT2D eigenvalue weighted by Gasteiger charge is 2.39. The molecule has 2 aliphatic rings. The molecule has 5 heteroatoms. The molecule has 1 N–H and O–H groups in total. The topological polar surface area (TPSA) is 58.6 Å². The van der Waals surface area contributed by atoms with E-state index >= 15 is 0 Å². The number of nitrogens with one attached hydrogen (secondary N) is 1. The maximum Gasteiger partial charge on any atom is 0.248 e. The molecule has 2 amide bonds. The van der Waals surface area contributed by atoms with Crippen molar-refractivity contribution in [3.63, 3.8) is 0 Å². The molecular weight excluding hydrogens is 268 g/mol. The molecule has 21 heavy (non-hydrogen) atoms. The number of likely N-dealkylation sites (tertiary alicyclic amines) is 1. The number of carbonyl (C=O) groups is 2. The van der Waals surface area contributed by atoms with Crippen molar-refractivity contribution in [3.05, 3.63) is 29.8 Å². The molecule has 1 fully saturated rings. The predicted molar refractivity (Wildman–Crippen MR) is 79.0 cm³/mol. The third-order valence-electron chi connectivity index (χ3n) is 4.39. The summed E-state index contributed by atoms with van der Waals surface area (Å²) in [7, 11) is 1.53. The summed E-state index contributed by atoms with van der Waals surface area (Å²) in [6, 6.07) is 7.83. The van der Waals surface area contributed by atoms with Crippen LogP contribution in [0.25, 0.3) is 0 Å². The molecular formula is C16H20N2O3. The van der Waals surface area contributed by atoms with Gasteiger partial charge in [-0.3, -0.25) is 9.59 Å². The maximum atomic E-state index is 12.3. The molecule has 0 unspecified atom stereocenters. The van der Waals surface area contributed by atoms with Crippen molar-refractivity contribution in [2.75, 3.05) is 32.1 Å². The molecule has 0 aliphatic carbocycles. The number of para-hydroxylation sites is 1. The van der Waals surface area contributed by atoms with E-state index in [1.54, 1.807) is 0 Å². The lowest BCUT2D eigenvalue weighted by atomic mass is 9.82. The summed E-state index contributed by atoms with van der Waals surface area (Å²) >= 11 is 0. The van der Waals surface area contributed by atoms with E-state index in [0.29, 0.717) is 6.54 Å². The first kappa shape index (κ1) is 14.1. The lowest BCUT2D eigenvalue weighted by Gasteiger charge is -2.35. The Labute approximate surface area is 124 Å². The van der Waals surface area contributed by atoms with Gasteiger partial charge in [-0.25, -0.2) is 0 Å². The fourth-order valence-corrected chi connectivity index (χ4v) is 3.43. The number of piperidine rings is 1. The molecule has 0 saturated carbocycles. The van der Waals surface area contributed by atoms with Crippen molar-refractivity contribution in [1.29, 1.82) is 0 Å². The van der Waals surface area contributed by atoms with Crippen molar-refractivity contribution in [2.24, 2.45) is 5.92 Å². The number of amides is 2. The zero-order chi connectivity index (χ0) is 14.8. The third-order valence-corrected chi connectivity index (χ3v) is 4.39. The molecule has 0 bridgehead atoms. The summed E-state index contributed by atoms with van der Waals surface area (Å²) in [6.07, 6.45) is 1.91. The minimum absolute atomic E-state index is 0.00823. The average Bonchev–Trinajstić information content (AvgIpc) is 2.83. The average molecular weight is 288 g/mol. The standard InChI is InChI=1S/C16H20N2O3/c1-21-10-14(19)18-8-4-5-11(9-18)15-12-6-2-3-7-13(12)17-16(15)20/h2-3,6-7,11,15H,4-5,8-10H2,1H3,(H,17,20)/t11-,15+/m0/s1. The summed E-state index contributed by atoms with van der Waals surface area (Å²) in [5.41, 5.74) is 1.97. The van der Waals surface area contributed by atoms with Gasteiger partial charge in [0.05, 0.1) is 5.92 Å². The number of hydrogen-bond donors (Lipinski definition) is 1. The fraction of sp³-hybridized carbons (Fsp3) is 0.500. The first-order valence-corrected chi connectivity index (χ1v) is 7.37. The van der Waals surface area contributed by atoms with Crippen LogP contribution in [0.2, 0.25) is 0 Å². The van der Waals surface area contributed by atoms with Crippen molar-refractivity contribution in [1.82, 2.24) is 4.90 Å². The van der Waals surface area contributed by atoms with Gasteiger partial charge in [0.25, 0.3) is 0 Å². The molecule has 2 atom stereocenters. The van der Waals surface area contributed by atoms with Gasteiger partial charge < -0.3 is 15.0 Å². The van der Waals surface area contributed by atoms with E-state index < -0.39 is 0 Å². The monoisotopic (exact) mass is 288 g/mol. The zero-order valence-electron chi connectivity index (χ0n) is 12.2. The first-order valence-electron chi connectivity index (χ1n) is 7.37. The predicted octanol–water partition coefficient (Wildman–Crippen LogP) is 1.61. The van der Waals surface area contributed by atoms with E-state index in [2.05, 4.69) is 5.32 Å². The Hall–Kier alpha value is -1.88. The van der Waals surface area contributed by atoms with Crippen LogP contribution in [0.1, 0.15) is 24.3 Å². The molecule has 2 aliphatic heterocycles. The van der Waals surface area contributed by atoms with Crippen LogP contribution in [0, 0.1) is 5.92 Å². The van der Waals surface area contributed by atoms with Crippen LogP contribution in [0.3, 0.4) is 0 Å². The first-order chi connectivity index (χ1) is 10.2. The number of nitrogens with zero attached hydrogens (tertiary/aromatic N) is 1. The van der Waals surface area contributed by atoms with Crippen LogP contribution in [0.15, 0.2) is 24.3 Å². The number of methoxy groups -OCH3 is 1. The Kier molecular flexibility index (Phi) is 3.92. The smallest absolute Gasteiger partial charge is 0.248 e. The largest absolute Gasteiger partial charge is 0.375 e.